The van der Waals surface area contributed by atoms with E-state index in [0.717, 1.165) is 23.3 Å². The van der Waals surface area contributed by atoms with Crippen LogP contribution < -0.4 is 0 Å². The van der Waals surface area contributed by atoms with E-state index in [4.69, 9.17) is 5.10 Å². The van der Waals surface area contributed by atoms with E-state index in [1.54, 1.807) is 0 Å². The number of fused-ring (bicyclic) bond motifs is 1. The van der Waals surface area contributed by atoms with Crippen LogP contribution in [0.1, 0.15) is 11.4 Å². The monoisotopic (exact) mass is 285 g/mol. The predicted molar refractivity (Wildman–Crippen MR) is 88.1 cm³/mol. The third kappa shape index (κ3) is 2.27. The Labute approximate surface area is 128 Å². The van der Waals surface area contributed by atoms with Gasteiger partial charge in [0, 0.05) is 23.7 Å². The fraction of sp³-hybridized carbons (Fsp3) is 0.0526. The maximum atomic E-state index is 4.77. The van der Waals surface area contributed by atoms with Crippen LogP contribution in [0, 0.1) is 0 Å². The lowest BCUT2D eigenvalue weighted by Crippen LogP contribution is -2.03. The van der Waals surface area contributed by atoms with Crippen LogP contribution in [0.25, 0.3) is 16.6 Å². The molecule has 0 aliphatic carbocycles. The summed E-state index contributed by atoms with van der Waals surface area (Å²) in [5.74, 6) is 0. The van der Waals surface area contributed by atoms with Gasteiger partial charge in [0.25, 0.3) is 0 Å². The molecular formula is C19H15N3. The summed E-state index contributed by atoms with van der Waals surface area (Å²) in [5.41, 5.74) is 4.30. The van der Waals surface area contributed by atoms with Crippen LogP contribution in [0.15, 0.2) is 79.0 Å². The normalized spacial score (nSPS) is 10.9. The lowest BCUT2D eigenvalue weighted by atomic mass is 10.1. The van der Waals surface area contributed by atoms with Gasteiger partial charge in [-0.15, -0.1) is 0 Å². The van der Waals surface area contributed by atoms with Gasteiger partial charge in [0.1, 0.15) is 0 Å². The molecule has 106 valence electrons. The summed E-state index contributed by atoms with van der Waals surface area (Å²) in [4.78, 5) is 4.45. The van der Waals surface area contributed by atoms with Gasteiger partial charge in [0.2, 0.25) is 0 Å². The van der Waals surface area contributed by atoms with Crippen LogP contribution in [-0.4, -0.2) is 14.8 Å². The minimum absolute atomic E-state index is 0.760. The maximum Gasteiger partial charge on any atom is 0.0930 e. The third-order valence-electron chi connectivity index (χ3n) is 3.75. The summed E-state index contributed by atoms with van der Waals surface area (Å²) in [7, 11) is 0. The summed E-state index contributed by atoms with van der Waals surface area (Å²) < 4.78 is 2.03. The molecule has 0 spiro atoms. The van der Waals surface area contributed by atoms with Crippen molar-refractivity contribution in [3.8, 4) is 5.69 Å². The van der Waals surface area contributed by atoms with Crippen molar-refractivity contribution in [1.29, 1.82) is 0 Å². The van der Waals surface area contributed by atoms with Crippen molar-refractivity contribution in [3.05, 3.63) is 90.4 Å². The first-order valence-electron chi connectivity index (χ1n) is 7.34. The molecule has 4 aromatic rings. The van der Waals surface area contributed by atoms with Crippen molar-refractivity contribution < 1.29 is 0 Å². The van der Waals surface area contributed by atoms with Gasteiger partial charge in [0.05, 0.1) is 16.9 Å². The highest BCUT2D eigenvalue weighted by atomic mass is 15.3. The number of pyridine rings is 1. The van der Waals surface area contributed by atoms with Gasteiger partial charge in [-0.1, -0.05) is 42.5 Å². The average molecular weight is 285 g/mol. The molecule has 3 heteroatoms. The van der Waals surface area contributed by atoms with Gasteiger partial charge in [-0.2, -0.15) is 5.10 Å². The summed E-state index contributed by atoms with van der Waals surface area (Å²) in [6.07, 6.45) is 2.59. The molecule has 0 unspecified atom stereocenters. The number of hydrogen-bond acceptors (Lipinski definition) is 2. The first kappa shape index (κ1) is 12.8. The highest BCUT2D eigenvalue weighted by Gasteiger charge is 2.13. The van der Waals surface area contributed by atoms with E-state index in [2.05, 4.69) is 41.4 Å². The predicted octanol–water partition coefficient (Wildman–Crippen LogP) is 4.01. The molecule has 2 heterocycles. The molecular weight excluding hydrogens is 270 g/mol. The van der Waals surface area contributed by atoms with Crippen LogP contribution in [-0.2, 0) is 6.42 Å². The Kier molecular flexibility index (Phi) is 3.16. The summed E-state index contributed by atoms with van der Waals surface area (Å²) in [5, 5.41) is 5.95. The lowest BCUT2D eigenvalue weighted by Gasteiger charge is -2.07. The van der Waals surface area contributed by atoms with Gasteiger partial charge in [0.15, 0.2) is 0 Å². The summed E-state index contributed by atoms with van der Waals surface area (Å²) in [6.45, 7) is 0. The molecule has 0 bridgehead atoms. The van der Waals surface area contributed by atoms with E-state index in [-0.39, 0.29) is 0 Å². The zero-order chi connectivity index (χ0) is 14.8. The molecule has 0 saturated carbocycles. The van der Waals surface area contributed by atoms with Gasteiger partial charge in [-0.05, 0) is 30.3 Å². The Morgan fingerprint density at radius 2 is 1.55 bits per heavy atom. The topological polar surface area (TPSA) is 30.7 Å². The second-order valence-electron chi connectivity index (χ2n) is 5.21. The third-order valence-corrected chi connectivity index (χ3v) is 3.75. The Morgan fingerprint density at radius 3 is 2.36 bits per heavy atom. The fourth-order valence-electron chi connectivity index (χ4n) is 2.71. The van der Waals surface area contributed by atoms with Gasteiger partial charge >= 0.3 is 0 Å². The molecule has 22 heavy (non-hydrogen) atoms. The number of hydrogen-bond donors (Lipinski definition) is 0. The van der Waals surface area contributed by atoms with Crippen molar-refractivity contribution in [2.75, 3.05) is 0 Å². The first-order chi connectivity index (χ1) is 10.9. The molecule has 2 aromatic heterocycles. The van der Waals surface area contributed by atoms with Gasteiger partial charge in [-0.3, -0.25) is 4.98 Å². The Balaban J connectivity index is 1.91. The summed E-state index contributed by atoms with van der Waals surface area (Å²) >= 11 is 0. The lowest BCUT2D eigenvalue weighted by molar-refractivity contribution is 0.828. The van der Waals surface area contributed by atoms with Crippen LogP contribution in [0.5, 0.6) is 0 Å². The van der Waals surface area contributed by atoms with E-state index < -0.39 is 0 Å². The van der Waals surface area contributed by atoms with Crippen molar-refractivity contribution in [2.24, 2.45) is 0 Å². The molecule has 0 saturated heterocycles. The largest absolute Gasteiger partial charge is 0.261 e. The van der Waals surface area contributed by atoms with Crippen LogP contribution >= 0.6 is 0 Å². The summed E-state index contributed by atoms with van der Waals surface area (Å²) in [6, 6.07) is 24.5. The van der Waals surface area contributed by atoms with Crippen molar-refractivity contribution in [3.63, 3.8) is 0 Å². The van der Waals surface area contributed by atoms with Crippen molar-refractivity contribution >= 4 is 10.9 Å². The molecule has 0 N–H and O–H groups in total. The van der Waals surface area contributed by atoms with E-state index in [9.17, 15) is 0 Å². The standard InChI is InChI=1S/C19H15N3/c1-2-9-16(10-3-1)22-19(14-15-8-6-7-13-20-15)17-11-4-5-12-18(17)21-22/h1-13H,14H2. The molecule has 0 fully saturated rings. The number of rotatable bonds is 3. The zero-order valence-electron chi connectivity index (χ0n) is 12.1. The van der Waals surface area contributed by atoms with Crippen molar-refractivity contribution in [2.45, 2.75) is 6.42 Å². The van der Waals surface area contributed by atoms with Crippen LogP contribution in [0.2, 0.25) is 0 Å². The second-order valence-corrected chi connectivity index (χ2v) is 5.21. The Bertz CT molecular complexity index is 896. The van der Waals surface area contributed by atoms with E-state index in [1.165, 1.54) is 11.1 Å². The second kappa shape index (κ2) is 5.45. The van der Waals surface area contributed by atoms with E-state index >= 15 is 0 Å². The molecule has 0 atom stereocenters. The quantitative estimate of drug-likeness (QED) is 0.569. The van der Waals surface area contributed by atoms with Gasteiger partial charge in [-0.25, -0.2) is 4.68 Å². The van der Waals surface area contributed by atoms with Crippen LogP contribution in [0.3, 0.4) is 0 Å². The number of benzene rings is 2. The zero-order valence-corrected chi connectivity index (χ0v) is 12.1. The minimum Gasteiger partial charge on any atom is -0.261 e. The van der Waals surface area contributed by atoms with Crippen LogP contribution in [0.4, 0.5) is 0 Å². The Morgan fingerprint density at radius 1 is 0.773 bits per heavy atom. The Hall–Kier alpha value is -2.94. The maximum absolute atomic E-state index is 4.77. The molecule has 0 aliphatic heterocycles. The van der Waals surface area contributed by atoms with Crippen molar-refractivity contribution in [1.82, 2.24) is 14.8 Å². The fourth-order valence-corrected chi connectivity index (χ4v) is 2.71. The average Bonchev–Trinajstić information content (AvgIpc) is 2.95. The molecule has 0 aliphatic rings. The number of aromatic nitrogens is 3. The highest BCUT2D eigenvalue weighted by molar-refractivity contribution is 5.82. The SMILES string of the molecule is c1ccc(-n2nc3ccccc3c2Cc2ccccn2)cc1. The van der Waals surface area contributed by atoms with Gasteiger partial charge < -0.3 is 0 Å². The molecule has 0 radical (unpaired) electrons. The number of nitrogens with zero attached hydrogens (tertiary/aromatic N) is 3. The highest BCUT2D eigenvalue weighted by Crippen LogP contribution is 2.23. The number of para-hydroxylation sites is 1. The van der Waals surface area contributed by atoms with E-state index in [0.29, 0.717) is 0 Å². The molecule has 3 nitrogen and oxygen atoms in total. The first-order valence-corrected chi connectivity index (χ1v) is 7.34. The smallest absolute Gasteiger partial charge is 0.0930 e. The van der Waals surface area contributed by atoms with E-state index in [1.807, 2.05) is 47.3 Å². The molecule has 2 aromatic carbocycles. The molecule has 0 amide bonds. The molecule has 4 rings (SSSR count). The minimum atomic E-state index is 0.760.